The van der Waals surface area contributed by atoms with Crippen molar-refractivity contribution in [1.29, 1.82) is 0 Å². The van der Waals surface area contributed by atoms with Crippen LogP contribution in [0.3, 0.4) is 0 Å². The van der Waals surface area contributed by atoms with Gasteiger partial charge in [-0.1, -0.05) is 24.3 Å². The van der Waals surface area contributed by atoms with Crippen LogP contribution in [0, 0.1) is 13.8 Å². The first-order valence-corrected chi connectivity index (χ1v) is 6.41. The van der Waals surface area contributed by atoms with Crippen molar-refractivity contribution in [3.8, 4) is 0 Å². The Morgan fingerprint density at radius 2 is 1.68 bits per heavy atom. The van der Waals surface area contributed by atoms with E-state index in [4.69, 9.17) is 0 Å². The predicted molar refractivity (Wildman–Crippen MR) is 80.4 cm³/mol. The first kappa shape index (κ1) is 13.3. The minimum Gasteiger partial charge on any atom is -0.344 e. The van der Waals surface area contributed by atoms with Crippen LogP contribution in [-0.4, -0.2) is 12.8 Å². The molecule has 0 heterocycles. The Morgan fingerprint density at radius 3 is 2.37 bits per heavy atom. The standard InChI is InChI=1S/C17H19NO/c1-12-9-10-13(2)17(11-12)18(4)16-8-6-5-7-15(16)14(3)19/h5-11H,1-4H3. The van der Waals surface area contributed by atoms with E-state index in [1.165, 1.54) is 11.1 Å². The first-order chi connectivity index (χ1) is 9.00. The molecule has 0 unspecified atom stereocenters. The molecule has 0 radical (unpaired) electrons. The van der Waals surface area contributed by atoms with Crippen molar-refractivity contribution in [1.82, 2.24) is 0 Å². The van der Waals surface area contributed by atoms with Crippen LogP contribution in [0.4, 0.5) is 11.4 Å². The van der Waals surface area contributed by atoms with Gasteiger partial charge in [0.25, 0.3) is 0 Å². The minimum atomic E-state index is 0.0905. The van der Waals surface area contributed by atoms with E-state index in [2.05, 4.69) is 36.9 Å². The van der Waals surface area contributed by atoms with Gasteiger partial charge in [-0.05, 0) is 50.1 Å². The highest BCUT2D eigenvalue weighted by Crippen LogP contribution is 2.30. The summed E-state index contributed by atoms with van der Waals surface area (Å²) in [5, 5.41) is 0. The van der Waals surface area contributed by atoms with Gasteiger partial charge in [-0.2, -0.15) is 0 Å². The summed E-state index contributed by atoms with van der Waals surface area (Å²) in [5.41, 5.74) is 5.25. The maximum atomic E-state index is 11.7. The quantitative estimate of drug-likeness (QED) is 0.761. The second kappa shape index (κ2) is 5.27. The lowest BCUT2D eigenvalue weighted by Gasteiger charge is -2.24. The fourth-order valence-electron chi connectivity index (χ4n) is 2.27. The number of hydrogen-bond donors (Lipinski definition) is 0. The molecule has 0 bridgehead atoms. The summed E-state index contributed by atoms with van der Waals surface area (Å²) in [7, 11) is 2.00. The van der Waals surface area contributed by atoms with E-state index in [9.17, 15) is 4.79 Å². The Morgan fingerprint density at radius 1 is 1.00 bits per heavy atom. The zero-order chi connectivity index (χ0) is 14.0. The molecule has 2 nitrogen and oxygen atoms in total. The summed E-state index contributed by atoms with van der Waals surface area (Å²) in [6.45, 7) is 5.77. The van der Waals surface area contributed by atoms with Crippen LogP contribution in [0.1, 0.15) is 28.4 Å². The first-order valence-electron chi connectivity index (χ1n) is 6.41. The molecule has 2 aromatic carbocycles. The van der Waals surface area contributed by atoms with Crippen molar-refractivity contribution in [2.75, 3.05) is 11.9 Å². The molecule has 2 rings (SSSR count). The molecule has 19 heavy (non-hydrogen) atoms. The molecule has 0 fully saturated rings. The lowest BCUT2D eigenvalue weighted by molar-refractivity contribution is 0.101. The molecule has 0 spiro atoms. The van der Waals surface area contributed by atoms with E-state index in [1.807, 2.05) is 31.3 Å². The third-order valence-electron chi connectivity index (χ3n) is 3.37. The predicted octanol–water partition coefficient (Wildman–Crippen LogP) is 4.27. The highest BCUT2D eigenvalue weighted by Gasteiger charge is 2.13. The van der Waals surface area contributed by atoms with Gasteiger partial charge in [0.2, 0.25) is 0 Å². The lowest BCUT2D eigenvalue weighted by Crippen LogP contribution is -2.14. The normalized spacial score (nSPS) is 10.3. The number of anilines is 2. The smallest absolute Gasteiger partial charge is 0.161 e. The van der Waals surface area contributed by atoms with Crippen molar-refractivity contribution in [3.63, 3.8) is 0 Å². The van der Waals surface area contributed by atoms with E-state index in [-0.39, 0.29) is 5.78 Å². The molecular weight excluding hydrogens is 234 g/mol. The Hall–Kier alpha value is -2.09. The third-order valence-corrected chi connectivity index (χ3v) is 3.37. The highest BCUT2D eigenvalue weighted by atomic mass is 16.1. The van der Waals surface area contributed by atoms with Gasteiger partial charge in [-0.15, -0.1) is 0 Å². The molecule has 0 aliphatic heterocycles. The molecule has 0 aliphatic rings. The number of para-hydroxylation sites is 1. The maximum Gasteiger partial charge on any atom is 0.161 e. The van der Waals surface area contributed by atoms with Crippen molar-refractivity contribution in [2.45, 2.75) is 20.8 Å². The number of benzene rings is 2. The zero-order valence-electron chi connectivity index (χ0n) is 11.9. The third kappa shape index (κ3) is 2.68. The summed E-state index contributed by atoms with van der Waals surface area (Å²) in [4.78, 5) is 13.8. The number of rotatable bonds is 3. The zero-order valence-corrected chi connectivity index (χ0v) is 11.9. The summed E-state index contributed by atoms with van der Waals surface area (Å²) in [5.74, 6) is 0.0905. The monoisotopic (exact) mass is 253 g/mol. The minimum absolute atomic E-state index is 0.0905. The fourth-order valence-corrected chi connectivity index (χ4v) is 2.27. The number of carbonyl (C=O) groups is 1. The van der Waals surface area contributed by atoms with Gasteiger partial charge in [-0.3, -0.25) is 4.79 Å². The number of hydrogen-bond acceptors (Lipinski definition) is 2. The topological polar surface area (TPSA) is 20.3 Å². The number of aryl methyl sites for hydroxylation is 2. The summed E-state index contributed by atoms with van der Waals surface area (Å²) >= 11 is 0. The molecule has 0 saturated carbocycles. The Kier molecular flexibility index (Phi) is 3.70. The molecule has 2 aromatic rings. The summed E-state index contributed by atoms with van der Waals surface area (Å²) < 4.78 is 0. The van der Waals surface area contributed by atoms with Crippen LogP contribution >= 0.6 is 0 Å². The van der Waals surface area contributed by atoms with E-state index in [1.54, 1.807) is 6.92 Å². The number of carbonyl (C=O) groups excluding carboxylic acids is 1. The van der Waals surface area contributed by atoms with E-state index >= 15 is 0 Å². The van der Waals surface area contributed by atoms with Crippen molar-refractivity contribution >= 4 is 17.2 Å². The number of Topliss-reactive ketones (excluding diaryl/α,β-unsaturated/α-hetero) is 1. The van der Waals surface area contributed by atoms with Gasteiger partial charge >= 0.3 is 0 Å². The fraction of sp³-hybridized carbons (Fsp3) is 0.235. The summed E-state index contributed by atoms with van der Waals surface area (Å²) in [6, 6.07) is 14.1. The van der Waals surface area contributed by atoms with Crippen LogP contribution in [-0.2, 0) is 0 Å². The van der Waals surface area contributed by atoms with E-state index < -0.39 is 0 Å². The molecule has 0 atom stereocenters. The Balaban J connectivity index is 2.53. The Bertz CT molecular complexity index is 616. The Labute approximate surface area is 114 Å². The van der Waals surface area contributed by atoms with Crippen LogP contribution < -0.4 is 4.90 Å². The van der Waals surface area contributed by atoms with Gasteiger partial charge in [-0.25, -0.2) is 0 Å². The van der Waals surface area contributed by atoms with Gasteiger partial charge in [0.15, 0.2) is 5.78 Å². The SMILES string of the molecule is CC(=O)c1ccccc1N(C)c1cc(C)ccc1C. The second-order valence-corrected chi connectivity index (χ2v) is 4.92. The molecule has 0 amide bonds. The van der Waals surface area contributed by atoms with Crippen LogP contribution in [0.15, 0.2) is 42.5 Å². The maximum absolute atomic E-state index is 11.7. The average molecular weight is 253 g/mol. The lowest BCUT2D eigenvalue weighted by atomic mass is 10.1. The number of nitrogens with zero attached hydrogens (tertiary/aromatic N) is 1. The largest absolute Gasteiger partial charge is 0.344 e. The molecule has 0 aromatic heterocycles. The summed E-state index contributed by atoms with van der Waals surface area (Å²) in [6.07, 6.45) is 0. The van der Waals surface area contributed by atoms with Crippen molar-refractivity contribution in [3.05, 3.63) is 59.2 Å². The second-order valence-electron chi connectivity index (χ2n) is 4.92. The van der Waals surface area contributed by atoms with Gasteiger partial charge in [0, 0.05) is 18.3 Å². The molecule has 0 saturated heterocycles. The average Bonchev–Trinajstić information content (AvgIpc) is 2.40. The molecule has 0 N–H and O–H groups in total. The molecular formula is C17H19NO. The highest BCUT2D eigenvalue weighted by molar-refractivity contribution is 6.00. The van der Waals surface area contributed by atoms with Crippen LogP contribution in [0.25, 0.3) is 0 Å². The van der Waals surface area contributed by atoms with E-state index in [0.717, 1.165) is 16.9 Å². The van der Waals surface area contributed by atoms with Gasteiger partial charge in [0.1, 0.15) is 0 Å². The molecule has 98 valence electrons. The van der Waals surface area contributed by atoms with Crippen LogP contribution in [0.5, 0.6) is 0 Å². The molecule has 0 aliphatic carbocycles. The number of ketones is 1. The van der Waals surface area contributed by atoms with Crippen molar-refractivity contribution < 1.29 is 4.79 Å². The van der Waals surface area contributed by atoms with E-state index in [0.29, 0.717) is 0 Å². The molecule has 2 heteroatoms. The van der Waals surface area contributed by atoms with Gasteiger partial charge in [0.05, 0.1) is 5.69 Å². The van der Waals surface area contributed by atoms with Gasteiger partial charge < -0.3 is 4.90 Å². The van der Waals surface area contributed by atoms with Crippen molar-refractivity contribution in [2.24, 2.45) is 0 Å². The van der Waals surface area contributed by atoms with Crippen LogP contribution in [0.2, 0.25) is 0 Å².